The van der Waals surface area contributed by atoms with E-state index in [0.29, 0.717) is 18.2 Å². The van der Waals surface area contributed by atoms with E-state index in [1.54, 1.807) is 6.07 Å². The van der Waals surface area contributed by atoms with Gasteiger partial charge in [-0.3, -0.25) is 4.79 Å². The van der Waals surface area contributed by atoms with Gasteiger partial charge in [0.2, 0.25) is 0 Å². The van der Waals surface area contributed by atoms with Gasteiger partial charge in [-0.05, 0) is 48.4 Å². The van der Waals surface area contributed by atoms with Gasteiger partial charge in [0.05, 0.1) is 33.9 Å². The molecular formula is C25H30Cl2N4O4. The van der Waals surface area contributed by atoms with Crippen molar-refractivity contribution in [3.8, 4) is 0 Å². The highest BCUT2D eigenvalue weighted by atomic mass is 35.5. The molecule has 10 heteroatoms. The van der Waals surface area contributed by atoms with Crippen molar-refractivity contribution in [3.63, 3.8) is 0 Å². The van der Waals surface area contributed by atoms with Crippen molar-refractivity contribution in [3.05, 3.63) is 63.1 Å². The summed E-state index contributed by atoms with van der Waals surface area (Å²) < 4.78 is 0. The van der Waals surface area contributed by atoms with Gasteiger partial charge in [0.15, 0.2) is 0 Å². The van der Waals surface area contributed by atoms with Crippen LogP contribution in [0.25, 0.3) is 0 Å². The number of carbonyl (C=O) groups excluding carboxylic acids is 2. The number of carbonyl (C=O) groups is 3. The van der Waals surface area contributed by atoms with E-state index in [1.165, 1.54) is 11.6 Å². The van der Waals surface area contributed by atoms with E-state index in [9.17, 15) is 19.5 Å². The average molecular weight is 521 g/mol. The first kappa shape index (κ1) is 26.6. The van der Waals surface area contributed by atoms with Gasteiger partial charge in [-0.15, -0.1) is 0 Å². The van der Waals surface area contributed by atoms with E-state index in [4.69, 9.17) is 23.2 Å². The molecule has 3 amide bonds. The molecule has 5 N–H and O–H groups in total. The third-order valence-electron chi connectivity index (χ3n) is 5.86. The Morgan fingerprint density at radius 3 is 2.57 bits per heavy atom. The number of rotatable bonds is 10. The van der Waals surface area contributed by atoms with E-state index in [1.807, 2.05) is 24.3 Å². The highest BCUT2D eigenvalue weighted by Crippen LogP contribution is 2.32. The highest BCUT2D eigenvalue weighted by Gasteiger charge is 2.27. The fraction of sp³-hybridized carbons (Fsp3) is 0.400. The molecule has 0 heterocycles. The number of carboxylic acids is 1. The predicted octanol–water partition coefficient (Wildman–Crippen LogP) is 4.62. The lowest BCUT2D eigenvalue weighted by Gasteiger charge is -2.19. The number of amides is 3. The topological polar surface area (TPSA) is 120 Å². The number of urea groups is 1. The monoisotopic (exact) mass is 520 g/mol. The van der Waals surface area contributed by atoms with Crippen LogP contribution in [0.2, 0.25) is 10.0 Å². The maximum atomic E-state index is 12.9. The van der Waals surface area contributed by atoms with Gasteiger partial charge in [-0.2, -0.15) is 0 Å². The minimum atomic E-state index is -1.38. The molecule has 1 aliphatic rings. The molecule has 3 rings (SSSR count). The first-order valence-corrected chi connectivity index (χ1v) is 12.3. The number of aryl methyl sites for hydroxylation is 1. The van der Waals surface area contributed by atoms with Crippen molar-refractivity contribution >= 4 is 46.8 Å². The number of halogens is 2. The van der Waals surface area contributed by atoms with Crippen molar-refractivity contribution in [1.29, 1.82) is 0 Å². The molecule has 0 saturated carbocycles. The van der Waals surface area contributed by atoms with E-state index in [-0.39, 0.29) is 28.2 Å². The third-order valence-corrected chi connectivity index (χ3v) is 6.57. The lowest BCUT2D eigenvalue weighted by molar-refractivity contribution is -0.139. The minimum Gasteiger partial charge on any atom is -0.480 e. The van der Waals surface area contributed by atoms with Crippen LogP contribution in [0.3, 0.4) is 0 Å². The van der Waals surface area contributed by atoms with Gasteiger partial charge < -0.3 is 26.4 Å². The number of hydrogen-bond acceptors (Lipinski definition) is 4. The summed E-state index contributed by atoms with van der Waals surface area (Å²) in [7, 11) is 0. The molecule has 0 spiro atoms. The Morgan fingerprint density at radius 1 is 1.11 bits per heavy atom. The number of aliphatic carboxylic acids is 1. The lowest BCUT2D eigenvalue weighted by Crippen LogP contribution is -2.50. The summed E-state index contributed by atoms with van der Waals surface area (Å²) in [6.07, 6.45) is 2.54. The molecule has 0 aromatic heterocycles. The summed E-state index contributed by atoms with van der Waals surface area (Å²) >= 11 is 12.6. The zero-order chi connectivity index (χ0) is 25.5. The Bertz CT molecular complexity index is 1090. The van der Waals surface area contributed by atoms with Crippen LogP contribution in [0.5, 0.6) is 0 Å². The molecule has 2 aromatic rings. The van der Waals surface area contributed by atoms with E-state index in [0.717, 1.165) is 24.8 Å². The fourth-order valence-corrected chi connectivity index (χ4v) is 4.54. The second kappa shape index (κ2) is 12.1. The van der Waals surface area contributed by atoms with Gasteiger partial charge in [-0.25, -0.2) is 9.59 Å². The zero-order valence-electron chi connectivity index (χ0n) is 19.7. The number of anilines is 1. The molecule has 0 radical (unpaired) electrons. The van der Waals surface area contributed by atoms with Crippen LogP contribution in [-0.4, -0.2) is 42.1 Å². The van der Waals surface area contributed by atoms with Gasteiger partial charge in [-0.1, -0.05) is 61.3 Å². The van der Waals surface area contributed by atoms with Crippen molar-refractivity contribution in [2.24, 2.45) is 5.92 Å². The Morgan fingerprint density at radius 2 is 1.86 bits per heavy atom. The number of fused-ring (bicyclic) bond motifs is 1. The maximum absolute atomic E-state index is 12.9. The molecule has 0 unspecified atom stereocenters. The van der Waals surface area contributed by atoms with Crippen LogP contribution in [0.1, 0.15) is 54.2 Å². The Kier molecular flexibility index (Phi) is 9.23. The third kappa shape index (κ3) is 7.02. The van der Waals surface area contributed by atoms with E-state index < -0.39 is 23.9 Å². The second-order valence-corrected chi connectivity index (χ2v) is 9.69. The number of carboxylic acid groups (broad SMARTS) is 1. The molecule has 2 atom stereocenters. The van der Waals surface area contributed by atoms with Crippen LogP contribution in [0.15, 0.2) is 36.4 Å². The van der Waals surface area contributed by atoms with Crippen molar-refractivity contribution < 1.29 is 19.5 Å². The molecule has 2 aromatic carbocycles. The smallest absolute Gasteiger partial charge is 0.328 e. The first-order chi connectivity index (χ1) is 16.7. The zero-order valence-corrected chi connectivity index (χ0v) is 21.2. The van der Waals surface area contributed by atoms with Crippen LogP contribution in [-0.2, 0) is 11.2 Å². The Balaban J connectivity index is 1.60. The van der Waals surface area contributed by atoms with Crippen LogP contribution in [0.4, 0.5) is 10.5 Å². The normalized spacial score (nSPS) is 15.3. The molecule has 188 valence electrons. The highest BCUT2D eigenvalue weighted by molar-refractivity contribution is 6.41. The molecular weight excluding hydrogens is 491 g/mol. The Labute approximate surface area is 214 Å². The van der Waals surface area contributed by atoms with Gasteiger partial charge in [0, 0.05) is 6.54 Å². The fourth-order valence-electron chi connectivity index (χ4n) is 3.93. The summed E-state index contributed by atoms with van der Waals surface area (Å²) in [6.45, 7) is 4.53. The molecule has 0 saturated heterocycles. The van der Waals surface area contributed by atoms with Gasteiger partial charge in [0.1, 0.15) is 6.04 Å². The quantitative estimate of drug-likeness (QED) is 0.313. The summed E-state index contributed by atoms with van der Waals surface area (Å²) in [5.41, 5.74) is 2.74. The maximum Gasteiger partial charge on any atom is 0.328 e. The number of hydrogen-bond donors (Lipinski definition) is 5. The predicted molar refractivity (Wildman–Crippen MR) is 137 cm³/mol. The van der Waals surface area contributed by atoms with Gasteiger partial charge >= 0.3 is 12.0 Å². The molecule has 35 heavy (non-hydrogen) atoms. The molecule has 0 bridgehead atoms. The average Bonchev–Trinajstić information content (AvgIpc) is 3.20. The SMILES string of the molecule is CC(C)CCNc1ccc(Cl)c(C(=O)N[C@@H](CNC(=O)N[C@@H]2CCc3ccccc32)C(=O)O)c1Cl. The van der Waals surface area contributed by atoms with Crippen LogP contribution in [0, 0.1) is 5.92 Å². The molecule has 1 aliphatic carbocycles. The van der Waals surface area contributed by atoms with Crippen LogP contribution < -0.4 is 21.3 Å². The molecule has 8 nitrogen and oxygen atoms in total. The molecule has 0 fully saturated rings. The Hall–Kier alpha value is -2.97. The van der Waals surface area contributed by atoms with E-state index >= 15 is 0 Å². The number of benzene rings is 2. The van der Waals surface area contributed by atoms with Crippen molar-refractivity contribution in [2.75, 3.05) is 18.4 Å². The number of nitrogens with one attached hydrogen (secondary N) is 4. The second-order valence-electron chi connectivity index (χ2n) is 8.90. The van der Waals surface area contributed by atoms with Crippen LogP contribution >= 0.6 is 23.2 Å². The summed E-state index contributed by atoms with van der Waals surface area (Å²) in [4.78, 5) is 37.1. The minimum absolute atomic E-state index is 0.0267. The van der Waals surface area contributed by atoms with E-state index in [2.05, 4.69) is 35.1 Å². The summed E-state index contributed by atoms with van der Waals surface area (Å²) in [6, 6.07) is 9.02. The first-order valence-electron chi connectivity index (χ1n) is 11.5. The van der Waals surface area contributed by atoms with Crippen molar-refractivity contribution in [2.45, 2.75) is 45.2 Å². The van der Waals surface area contributed by atoms with Crippen molar-refractivity contribution in [1.82, 2.24) is 16.0 Å². The molecule has 0 aliphatic heterocycles. The summed E-state index contributed by atoms with van der Waals surface area (Å²) in [5.74, 6) is -1.56. The summed E-state index contributed by atoms with van der Waals surface area (Å²) in [5, 5.41) is 20.8. The standard InChI is InChI=1S/C25H30Cl2N4O4/c1-14(2)11-12-28-19-10-8-17(26)21(22(19)27)23(32)30-20(24(33)34)13-29-25(35)31-18-9-7-15-5-3-4-6-16(15)18/h3-6,8,10,14,18,20,28H,7,9,11-13H2,1-2H3,(H,30,32)(H,33,34)(H2,29,31,35)/t18-,20+/m1/s1. The lowest BCUT2D eigenvalue weighted by atomic mass is 10.1. The van der Waals surface area contributed by atoms with Gasteiger partial charge in [0.25, 0.3) is 5.91 Å². The largest absolute Gasteiger partial charge is 0.480 e.